The van der Waals surface area contributed by atoms with Crippen LogP contribution in [0, 0.1) is 0 Å². The van der Waals surface area contributed by atoms with Gasteiger partial charge in [0, 0.05) is 6.42 Å². The highest BCUT2D eigenvalue weighted by Gasteiger charge is 2.48. The van der Waals surface area contributed by atoms with Crippen LogP contribution >= 0.6 is 11.6 Å². The van der Waals surface area contributed by atoms with Crippen LogP contribution < -0.4 is 5.32 Å². The molecule has 22 heavy (non-hydrogen) atoms. The van der Waals surface area contributed by atoms with E-state index in [1.165, 1.54) is 5.32 Å². The van der Waals surface area contributed by atoms with Crippen molar-refractivity contribution < 1.29 is 45.4 Å². The summed E-state index contributed by atoms with van der Waals surface area (Å²) >= 11 is 5.58. The second kappa shape index (κ2) is 6.49. The molecule has 0 saturated carbocycles. The van der Waals surface area contributed by atoms with E-state index in [9.17, 15) is 35.9 Å². The lowest BCUT2D eigenvalue weighted by Crippen LogP contribution is -2.58. The first-order valence-electron chi connectivity index (χ1n) is 5.77. The standard InChI is InChI=1S/C10H10ClF6NO4/c1-3-6(22-8(20)10(15,16)17)4(2-5(11)21-3)18-7(19)9(12,13)14/h3-6H,2H2,1H3,(H,18,19)/t3-,4+,5+,6+/m0/s1. The van der Waals surface area contributed by atoms with Gasteiger partial charge < -0.3 is 14.8 Å². The molecule has 1 aliphatic heterocycles. The number of esters is 1. The first-order chi connectivity index (χ1) is 9.82. The van der Waals surface area contributed by atoms with Crippen molar-refractivity contribution in [1.82, 2.24) is 5.32 Å². The Bertz CT molecular complexity index is 440. The molecule has 4 atom stereocenters. The third-order valence-corrected chi connectivity index (χ3v) is 2.99. The quantitative estimate of drug-likeness (QED) is 0.465. The summed E-state index contributed by atoms with van der Waals surface area (Å²) in [6.45, 7) is 1.15. The van der Waals surface area contributed by atoms with Crippen LogP contribution in [0.4, 0.5) is 26.3 Å². The van der Waals surface area contributed by atoms with Gasteiger partial charge in [0.05, 0.1) is 12.1 Å². The van der Waals surface area contributed by atoms with Crippen molar-refractivity contribution in [3.8, 4) is 0 Å². The number of nitrogens with one attached hydrogen (secondary N) is 1. The van der Waals surface area contributed by atoms with Gasteiger partial charge in [-0.2, -0.15) is 26.3 Å². The lowest BCUT2D eigenvalue weighted by atomic mass is 10.00. The average molecular weight is 358 g/mol. The molecule has 0 aromatic carbocycles. The van der Waals surface area contributed by atoms with Gasteiger partial charge in [-0.25, -0.2) is 4.79 Å². The highest BCUT2D eigenvalue weighted by atomic mass is 35.5. The lowest BCUT2D eigenvalue weighted by molar-refractivity contribution is -0.217. The van der Waals surface area contributed by atoms with Crippen molar-refractivity contribution in [2.75, 3.05) is 0 Å². The second-order valence-corrected chi connectivity index (χ2v) is 4.92. The number of alkyl halides is 7. The van der Waals surface area contributed by atoms with Crippen LogP contribution in [0.2, 0.25) is 0 Å². The number of carbonyl (C=O) groups excluding carboxylic acids is 2. The van der Waals surface area contributed by atoms with Crippen LogP contribution in [-0.2, 0) is 19.1 Å². The minimum absolute atomic E-state index is 0.469. The summed E-state index contributed by atoms with van der Waals surface area (Å²) in [7, 11) is 0. The van der Waals surface area contributed by atoms with Crippen LogP contribution in [0.25, 0.3) is 0 Å². The molecular formula is C10H10ClF6NO4. The highest BCUT2D eigenvalue weighted by Crippen LogP contribution is 2.28. The van der Waals surface area contributed by atoms with E-state index in [1.54, 1.807) is 0 Å². The first kappa shape index (κ1) is 18.8. The maximum absolute atomic E-state index is 12.2. The van der Waals surface area contributed by atoms with E-state index in [-0.39, 0.29) is 0 Å². The Balaban J connectivity index is 2.88. The number of amides is 1. The first-order valence-corrected chi connectivity index (χ1v) is 6.21. The third-order valence-electron chi connectivity index (χ3n) is 2.71. The van der Waals surface area contributed by atoms with Gasteiger partial charge in [0.1, 0.15) is 11.7 Å². The van der Waals surface area contributed by atoms with Crippen molar-refractivity contribution in [3.63, 3.8) is 0 Å². The minimum atomic E-state index is -5.34. The molecule has 1 heterocycles. The van der Waals surface area contributed by atoms with E-state index in [0.717, 1.165) is 6.92 Å². The van der Waals surface area contributed by atoms with Crippen LogP contribution in [0.15, 0.2) is 0 Å². The lowest BCUT2D eigenvalue weighted by Gasteiger charge is -2.38. The van der Waals surface area contributed by atoms with Crippen LogP contribution in [0.5, 0.6) is 0 Å². The van der Waals surface area contributed by atoms with Gasteiger partial charge in [0.15, 0.2) is 0 Å². The summed E-state index contributed by atoms with van der Waals surface area (Å²) in [5, 5.41) is 1.45. The summed E-state index contributed by atoms with van der Waals surface area (Å²) in [6, 6.07) is -1.58. The zero-order valence-corrected chi connectivity index (χ0v) is 11.6. The molecule has 12 heteroatoms. The number of ether oxygens (including phenoxy) is 2. The zero-order valence-electron chi connectivity index (χ0n) is 10.8. The van der Waals surface area contributed by atoms with Crippen molar-refractivity contribution >= 4 is 23.5 Å². The van der Waals surface area contributed by atoms with E-state index in [0.29, 0.717) is 0 Å². The molecule has 0 aromatic heterocycles. The molecule has 0 aliphatic carbocycles. The molecule has 1 N–H and O–H groups in total. The Morgan fingerprint density at radius 1 is 1.18 bits per heavy atom. The van der Waals surface area contributed by atoms with Crippen molar-refractivity contribution in [2.24, 2.45) is 0 Å². The molecule has 1 fully saturated rings. The predicted molar refractivity (Wildman–Crippen MR) is 58.7 cm³/mol. The minimum Gasteiger partial charge on any atom is -0.451 e. The monoisotopic (exact) mass is 357 g/mol. The SMILES string of the molecule is C[C@@H]1O[C@@H](Cl)C[C@@H](NC(=O)C(F)(F)F)[C@@H]1OC(=O)C(F)(F)F. The topological polar surface area (TPSA) is 64.6 Å². The zero-order chi connectivity index (χ0) is 17.3. The third kappa shape index (κ3) is 4.90. The highest BCUT2D eigenvalue weighted by molar-refractivity contribution is 6.19. The van der Waals surface area contributed by atoms with Gasteiger partial charge in [0.25, 0.3) is 0 Å². The Labute approximate surface area is 124 Å². The summed E-state index contributed by atoms with van der Waals surface area (Å²) in [4.78, 5) is 21.7. The molecule has 1 rings (SSSR count). The maximum atomic E-state index is 12.2. The van der Waals surface area contributed by atoms with Gasteiger partial charge in [-0.3, -0.25) is 4.79 Å². The molecule has 1 saturated heterocycles. The van der Waals surface area contributed by atoms with Gasteiger partial charge in [-0.1, -0.05) is 11.6 Å². The molecule has 128 valence electrons. The maximum Gasteiger partial charge on any atom is 0.490 e. The van der Waals surface area contributed by atoms with Gasteiger partial charge in [-0.05, 0) is 6.92 Å². The van der Waals surface area contributed by atoms with E-state index in [4.69, 9.17) is 16.3 Å². The summed E-state index contributed by atoms with van der Waals surface area (Å²) in [5.74, 6) is -4.99. The molecule has 0 radical (unpaired) electrons. The molecule has 0 unspecified atom stereocenters. The second-order valence-electron chi connectivity index (χ2n) is 4.43. The van der Waals surface area contributed by atoms with E-state index < -0.39 is 54.5 Å². The average Bonchev–Trinajstić information content (AvgIpc) is 2.30. The van der Waals surface area contributed by atoms with Crippen molar-refractivity contribution in [1.29, 1.82) is 0 Å². The Morgan fingerprint density at radius 3 is 2.18 bits per heavy atom. The number of hydrogen-bond acceptors (Lipinski definition) is 4. The fourth-order valence-electron chi connectivity index (χ4n) is 1.79. The van der Waals surface area contributed by atoms with Crippen LogP contribution in [0.1, 0.15) is 13.3 Å². The molecule has 1 aliphatic rings. The summed E-state index contributed by atoms with van der Waals surface area (Å²) in [6.07, 6.45) is -14.1. The van der Waals surface area contributed by atoms with Crippen molar-refractivity contribution in [2.45, 2.75) is 49.5 Å². The number of hydrogen-bond donors (Lipinski definition) is 1. The molecular weight excluding hydrogens is 348 g/mol. The van der Waals surface area contributed by atoms with Gasteiger partial charge in [0.2, 0.25) is 0 Å². The van der Waals surface area contributed by atoms with E-state index in [1.807, 2.05) is 0 Å². The van der Waals surface area contributed by atoms with E-state index in [2.05, 4.69) is 4.74 Å². The fraction of sp³-hybridized carbons (Fsp3) is 0.800. The van der Waals surface area contributed by atoms with E-state index >= 15 is 0 Å². The predicted octanol–water partition coefficient (Wildman–Crippen LogP) is 1.88. The fourth-order valence-corrected chi connectivity index (χ4v) is 2.14. The number of rotatable bonds is 2. The molecule has 0 bridgehead atoms. The van der Waals surface area contributed by atoms with Gasteiger partial charge in [-0.15, -0.1) is 0 Å². The summed E-state index contributed by atoms with van der Waals surface area (Å²) in [5.41, 5.74) is -1.16. The number of carbonyl (C=O) groups is 2. The molecule has 0 aromatic rings. The molecule has 1 amide bonds. The molecule has 0 spiro atoms. The Hall–Kier alpha value is -1.23. The van der Waals surface area contributed by atoms with Gasteiger partial charge >= 0.3 is 24.2 Å². The Morgan fingerprint density at radius 2 is 1.73 bits per heavy atom. The van der Waals surface area contributed by atoms with Crippen LogP contribution in [-0.4, -0.2) is 48.0 Å². The summed E-state index contributed by atoms with van der Waals surface area (Å²) < 4.78 is 82.2. The smallest absolute Gasteiger partial charge is 0.451 e. The Kier molecular flexibility index (Phi) is 5.55. The molecule has 5 nitrogen and oxygen atoms in total. The number of halogens is 7. The largest absolute Gasteiger partial charge is 0.490 e. The van der Waals surface area contributed by atoms with Crippen LogP contribution in [0.3, 0.4) is 0 Å². The van der Waals surface area contributed by atoms with Crippen molar-refractivity contribution in [3.05, 3.63) is 0 Å². The normalized spacial score (nSPS) is 29.8.